The van der Waals surface area contributed by atoms with E-state index in [1.54, 1.807) is 0 Å². The Labute approximate surface area is 167 Å². The van der Waals surface area contributed by atoms with Crippen LogP contribution in [-0.2, 0) is 31.6 Å². The van der Waals surface area contributed by atoms with Crippen molar-refractivity contribution in [3.63, 3.8) is 0 Å². The van der Waals surface area contributed by atoms with Crippen molar-refractivity contribution in [1.29, 1.82) is 0 Å². The molecule has 0 saturated carbocycles. The molecule has 1 fully saturated rings. The maximum absolute atomic E-state index is 12.0. The molecule has 1 aromatic heterocycles. The predicted octanol–water partition coefficient (Wildman–Crippen LogP) is -1.75. The van der Waals surface area contributed by atoms with E-state index in [9.17, 15) is 33.6 Å². The Morgan fingerprint density at radius 2 is 1.77 bits per heavy atom. The third kappa shape index (κ3) is 6.73. The van der Waals surface area contributed by atoms with Gasteiger partial charge in [-0.25, -0.2) is 18.5 Å². The molecule has 0 aliphatic carbocycles. The largest absolute Gasteiger partial charge is 0.490 e. The van der Waals surface area contributed by atoms with Crippen LogP contribution in [0.2, 0.25) is 0 Å². The molecule has 1 aliphatic rings. The number of phosphoric acid groups is 3. The van der Waals surface area contributed by atoms with Crippen LogP contribution in [0.15, 0.2) is 17.1 Å². The first kappa shape index (κ1) is 25.2. The first-order chi connectivity index (χ1) is 13.6. The van der Waals surface area contributed by atoms with Crippen molar-refractivity contribution in [1.82, 2.24) is 9.55 Å². The van der Waals surface area contributed by atoms with Gasteiger partial charge in [-0.2, -0.15) is 13.6 Å². The van der Waals surface area contributed by atoms with Crippen LogP contribution in [0.1, 0.15) is 6.23 Å². The topological polar surface area (TPSA) is 256 Å². The molecular weight excluding hydrogens is 479 g/mol. The highest BCUT2D eigenvalue weighted by atomic mass is 31.3. The molecule has 0 bridgehead atoms. The summed E-state index contributed by atoms with van der Waals surface area (Å²) in [4.78, 5) is 51.0. The number of nitrogens with zero attached hydrogens (tertiary/aromatic N) is 2. The molecule has 3 unspecified atom stereocenters. The molecule has 1 aromatic rings. The Balaban J connectivity index is 2.06. The number of aliphatic hydroxyl groups is 2. The second-order valence-electron chi connectivity index (χ2n) is 5.69. The van der Waals surface area contributed by atoms with Crippen LogP contribution in [0.25, 0.3) is 0 Å². The highest BCUT2D eigenvalue weighted by Crippen LogP contribution is 2.66. The minimum absolute atomic E-state index is 0.216. The standard InChI is InChI=1S/C10H18N3O14P3/c1-11-6-2-3-13(10(16)12-6)9-8(15)7(14)5(25-9)4-24-29(20,21)27-30(22,23)26-28(17,18)19/h2-3,5,7-9,14-15H,4H2,1H3,(H,20,21)(H,22,23)(H,11,12,16)(H2,17,18,19)/t5-,7?,8+,9-/m1/s1. The lowest BCUT2D eigenvalue weighted by atomic mass is 10.1. The molecule has 6 atom stereocenters. The van der Waals surface area contributed by atoms with E-state index in [0.29, 0.717) is 0 Å². The molecule has 0 aromatic carbocycles. The first-order valence-corrected chi connectivity index (χ1v) is 12.2. The van der Waals surface area contributed by atoms with Gasteiger partial charge in [0.25, 0.3) is 0 Å². The van der Waals surface area contributed by atoms with Crippen LogP contribution in [-0.4, -0.2) is 71.3 Å². The summed E-state index contributed by atoms with van der Waals surface area (Å²) in [7, 11) is -15.2. The minimum Gasteiger partial charge on any atom is -0.387 e. The van der Waals surface area contributed by atoms with Crippen LogP contribution < -0.4 is 11.0 Å². The van der Waals surface area contributed by atoms with E-state index in [1.807, 2.05) is 0 Å². The molecule has 0 spiro atoms. The van der Waals surface area contributed by atoms with E-state index in [-0.39, 0.29) is 5.82 Å². The number of rotatable bonds is 9. The molecule has 1 saturated heterocycles. The van der Waals surface area contributed by atoms with E-state index < -0.39 is 60.3 Å². The molecule has 172 valence electrons. The zero-order chi connectivity index (χ0) is 22.9. The highest BCUT2D eigenvalue weighted by molar-refractivity contribution is 7.66. The quantitative estimate of drug-likeness (QED) is 0.187. The van der Waals surface area contributed by atoms with Crippen molar-refractivity contribution in [3.8, 4) is 0 Å². The van der Waals surface area contributed by atoms with Gasteiger partial charge < -0.3 is 39.8 Å². The summed E-state index contributed by atoms with van der Waals surface area (Å²) in [6, 6.07) is 1.36. The van der Waals surface area contributed by atoms with Crippen LogP contribution in [0.3, 0.4) is 0 Å². The fraction of sp³-hybridized carbons (Fsp3) is 0.600. The van der Waals surface area contributed by atoms with Crippen LogP contribution >= 0.6 is 23.5 Å². The van der Waals surface area contributed by atoms with Crippen molar-refractivity contribution in [2.75, 3.05) is 19.0 Å². The zero-order valence-electron chi connectivity index (χ0n) is 14.9. The van der Waals surface area contributed by atoms with Crippen molar-refractivity contribution in [3.05, 3.63) is 22.7 Å². The number of hydrogen-bond donors (Lipinski definition) is 7. The van der Waals surface area contributed by atoms with Gasteiger partial charge in [-0.05, 0) is 6.07 Å². The number of hydrogen-bond acceptors (Lipinski definition) is 12. The number of ether oxygens (including phenoxy) is 1. The molecule has 20 heteroatoms. The zero-order valence-corrected chi connectivity index (χ0v) is 17.5. The lowest BCUT2D eigenvalue weighted by Gasteiger charge is -2.19. The van der Waals surface area contributed by atoms with E-state index in [4.69, 9.17) is 19.4 Å². The smallest absolute Gasteiger partial charge is 0.387 e. The molecule has 2 heterocycles. The molecule has 17 nitrogen and oxygen atoms in total. The monoisotopic (exact) mass is 497 g/mol. The number of nitrogens with one attached hydrogen (secondary N) is 1. The van der Waals surface area contributed by atoms with Crippen LogP contribution in [0, 0.1) is 0 Å². The summed E-state index contributed by atoms with van der Waals surface area (Å²) < 4.78 is 51.0. The Hall–Kier alpha value is -1.03. The molecule has 2 rings (SSSR count). The van der Waals surface area contributed by atoms with Gasteiger partial charge in [0.2, 0.25) is 0 Å². The second kappa shape index (κ2) is 9.22. The first-order valence-electron chi connectivity index (χ1n) is 7.71. The van der Waals surface area contributed by atoms with Gasteiger partial charge in [0, 0.05) is 13.2 Å². The Morgan fingerprint density at radius 1 is 1.13 bits per heavy atom. The number of aliphatic hydroxyl groups excluding tert-OH is 2. The fourth-order valence-electron chi connectivity index (χ4n) is 2.31. The van der Waals surface area contributed by atoms with Gasteiger partial charge in [0.05, 0.1) is 6.61 Å². The SMILES string of the molecule is CNc1ccn([C@@H]2O[C@H](COP(=O)(O)OP(=O)(O)OP(=O)(O)O)C(O)[C@@H]2O)c(=O)n1. The van der Waals surface area contributed by atoms with Gasteiger partial charge in [0.1, 0.15) is 24.1 Å². The van der Waals surface area contributed by atoms with E-state index in [0.717, 1.165) is 4.57 Å². The van der Waals surface area contributed by atoms with Crippen molar-refractivity contribution >= 4 is 29.3 Å². The summed E-state index contributed by atoms with van der Waals surface area (Å²) in [6.07, 6.45) is -5.21. The molecule has 0 radical (unpaired) electrons. The van der Waals surface area contributed by atoms with E-state index in [1.165, 1.54) is 19.3 Å². The molecular formula is C10H18N3O14P3. The lowest BCUT2D eigenvalue weighted by molar-refractivity contribution is -0.0541. The average molecular weight is 497 g/mol. The molecule has 7 N–H and O–H groups in total. The number of phosphoric ester groups is 1. The second-order valence-corrected chi connectivity index (χ2v) is 10.1. The number of aromatic nitrogens is 2. The Morgan fingerprint density at radius 3 is 2.30 bits per heavy atom. The summed E-state index contributed by atoms with van der Waals surface area (Å²) in [5, 5.41) is 22.7. The normalized spacial score (nSPS) is 28.6. The third-order valence-corrected chi connectivity index (χ3v) is 7.32. The van der Waals surface area contributed by atoms with E-state index >= 15 is 0 Å². The maximum Gasteiger partial charge on any atom is 0.490 e. The van der Waals surface area contributed by atoms with Gasteiger partial charge in [-0.3, -0.25) is 9.09 Å². The highest BCUT2D eigenvalue weighted by Gasteiger charge is 2.46. The minimum atomic E-state index is -5.71. The summed E-state index contributed by atoms with van der Waals surface area (Å²) >= 11 is 0. The van der Waals surface area contributed by atoms with E-state index in [2.05, 4.69) is 23.4 Å². The van der Waals surface area contributed by atoms with Crippen LogP contribution in [0.5, 0.6) is 0 Å². The molecule has 0 amide bonds. The predicted molar refractivity (Wildman–Crippen MR) is 93.8 cm³/mol. The van der Waals surface area contributed by atoms with Gasteiger partial charge in [0.15, 0.2) is 6.23 Å². The maximum atomic E-state index is 12.0. The fourth-order valence-corrected chi connectivity index (χ4v) is 5.34. The molecule has 30 heavy (non-hydrogen) atoms. The number of anilines is 1. The van der Waals surface area contributed by atoms with Gasteiger partial charge in [-0.1, -0.05) is 0 Å². The Kier molecular flexibility index (Phi) is 7.76. The van der Waals surface area contributed by atoms with Crippen molar-refractivity contribution < 1.29 is 61.4 Å². The lowest BCUT2D eigenvalue weighted by Crippen LogP contribution is -2.36. The summed E-state index contributed by atoms with van der Waals surface area (Å²) in [6.45, 7) is -1.00. The summed E-state index contributed by atoms with van der Waals surface area (Å²) in [5.41, 5.74) is -0.855. The van der Waals surface area contributed by atoms with Crippen molar-refractivity contribution in [2.24, 2.45) is 0 Å². The molecule has 1 aliphatic heterocycles. The van der Waals surface area contributed by atoms with Gasteiger partial charge >= 0.3 is 29.2 Å². The van der Waals surface area contributed by atoms with Gasteiger partial charge in [-0.15, -0.1) is 0 Å². The Bertz CT molecular complexity index is 963. The third-order valence-electron chi connectivity index (χ3n) is 3.52. The van der Waals surface area contributed by atoms with Crippen LogP contribution in [0.4, 0.5) is 5.82 Å². The summed E-state index contributed by atoms with van der Waals surface area (Å²) in [5.74, 6) is 0.216. The average Bonchev–Trinajstić information content (AvgIpc) is 2.85. The van der Waals surface area contributed by atoms with Crippen molar-refractivity contribution in [2.45, 2.75) is 24.5 Å².